The number of nitrogens with one attached hydrogen (secondary N) is 1. The van der Waals surface area contributed by atoms with Gasteiger partial charge in [0.2, 0.25) is 0 Å². The second kappa shape index (κ2) is 11.9. The maximum atomic E-state index is 10.3. The van der Waals surface area contributed by atoms with E-state index in [4.69, 9.17) is 9.47 Å². The highest BCUT2D eigenvalue weighted by Crippen LogP contribution is 2.31. The Bertz CT molecular complexity index is 786. The van der Waals surface area contributed by atoms with Gasteiger partial charge in [0.15, 0.2) is 17.5 Å². The van der Waals surface area contributed by atoms with E-state index < -0.39 is 6.10 Å². The van der Waals surface area contributed by atoms with Crippen molar-refractivity contribution < 1.29 is 14.6 Å². The minimum atomic E-state index is -0.515. The van der Waals surface area contributed by atoms with E-state index in [2.05, 4.69) is 10.3 Å². The molecule has 1 unspecified atom stereocenters. The molecule has 0 bridgehead atoms. The molecule has 158 valence electrons. The number of halogens is 1. The first-order valence-corrected chi connectivity index (χ1v) is 9.75. The molecule has 0 spiro atoms. The van der Waals surface area contributed by atoms with Gasteiger partial charge >= 0.3 is 0 Å². The summed E-state index contributed by atoms with van der Waals surface area (Å²) >= 11 is 0. The summed E-state index contributed by atoms with van der Waals surface area (Å²) in [6.45, 7) is 5.00. The van der Waals surface area contributed by atoms with Crippen LogP contribution in [0.5, 0.6) is 11.5 Å². The molecule has 0 aliphatic carbocycles. The molecular formula is C22H30IN3O3. The van der Waals surface area contributed by atoms with Crippen LogP contribution < -0.4 is 14.8 Å². The van der Waals surface area contributed by atoms with Crippen molar-refractivity contribution in [3.63, 3.8) is 0 Å². The van der Waals surface area contributed by atoms with E-state index in [0.717, 1.165) is 35.1 Å². The largest absolute Gasteiger partial charge is 0.486 e. The van der Waals surface area contributed by atoms with Crippen LogP contribution in [0, 0.1) is 0 Å². The second-order valence-electron chi connectivity index (χ2n) is 6.87. The van der Waals surface area contributed by atoms with Crippen molar-refractivity contribution in [1.82, 2.24) is 10.2 Å². The van der Waals surface area contributed by atoms with Gasteiger partial charge in [0.1, 0.15) is 13.2 Å². The van der Waals surface area contributed by atoms with Gasteiger partial charge < -0.3 is 24.8 Å². The number of benzene rings is 2. The summed E-state index contributed by atoms with van der Waals surface area (Å²) in [6, 6.07) is 16.0. The molecule has 0 aromatic heterocycles. The van der Waals surface area contributed by atoms with E-state index in [9.17, 15) is 5.11 Å². The van der Waals surface area contributed by atoms with Crippen LogP contribution in [0.4, 0.5) is 0 Å². The van der Waals surface area contributed by atoms with Gasteiger partial charge in [0.05, 0.1) is 12.6 Å². The molecule has 6 nitrogen and oxygen atoms in total. The molecule has 1 aliphatic heterocycles. The Kier molecular flexibility index (Phi) is 9.53. The lowest BCUT2D eigenvalue weighted by Gasteiger charge is -2.24. The van der Waals surface area contributed by atoms with Crippen LogP contribution in [0.1, 0.15) is 18.1 Å². The first-order valence-electron chi connectivity index (χ1n) is 9.75. The normalized spacial score (nSPS) is 14.0. The molecule has 1 heterocycles. The average molecular weight is 511 g/mol. The lowest BCUT2D eigenvalue weighted by atomic mass is 10.1. The fraction of sp³-hybridized carbons (Fsp3) is 0.409. The van der Waals surface area contributed by atoms with Crippen LogP contribution in [0.25, 0.3) is 0 Å². The zero-order chi connectivity index (χ0) is 19.8. The molecule has 29 heavy (non-hydrogen) atoms. The van der Waals surface area contributed by atoms with Crippen LogP contribution in [-0.2, 0) is 13.0 Å². The minimum Gasteiger partial charge on any atom is -0.486 e. The number of aliphatic imine (C=N–C) groups is 1. The fourth-order valence-electron chi connectivity index (χ4n) is 3.15. The molecule has 0 saturated carbocycles. The minimum absolute atomic E-state index is 0. The summed E-state index contributed by atoms with van der Waals surface area (Å²) in [6.07, 6.45) is 0.0778. The van der Waals surface area contributed by atoms with Crippen molar-refractivity contribution in [2.45, 2.75) is 26.0 Å². The zero-order valence-electron chi connectivity index (χ0n) is 17.0. The molecule has 2 aromatic carbocycles. The number of nitrogens with zero attached hydrogens (tertiary/aromatic N) is 2. The van der Waals surface area contributed by atoms with Crippen molar-refractivity contribution in [2.75, 3.05) is 33.4 Å². The fourth-order valence-corrected chi connectivity index (χ4v) is 3.15. The summed E-state index contributed by atoms with van der Waals surface area (Å²) < 4.78 is 11.2. The van der Waals surface area contributed by atoms with Gasteiger partial charge in [-0.3, -0.25) is 4.99 Å². The van der Waals surface area contributed by atoms with E-state index >= 15 is 0 Å². The van der Waals surface area contributed by atoms with E-state index in [1.54, 1.807) is 0 Å². The maximum absolute atomic E-state index is 10.3. The van der Waals surface area contributed by atoms with Crippen molar-refractivity contribution in [3.8, 4) is 11.5 Å². The highest BCUT2D eigenvalue weighted by Gasteiger charge is 2.14. The third-order valence-corrected chi connectivity index (χ3v) is 4.49. The molecule has 2 aromatic rings. The number of aliphatic hydroxyl groups is 1. The number of ether oxygens (including phenoxy) is 2. The number of aliphatic hydroxyl groups excluding tert-OH is 1. The van der Waals surface area contributed by atoms with E-state index in [0.29, 0.717) is 32.7 Å². The van der Waals surface area contributed by atoms with Crippen LogP contribution >= 0.6 is 24.0 Å². The SMILES string of the molecule is CCNC(=NCC(O)Cc1ccccc1)N(C)Cc1ccc2c(c1)OCCO2.I. The number of rotatable bonds is 7. The first-order chi connectivity index (χ1) is 13.7. The van der Waals surface area contributed by atoms with Gasteiger partial charge in [-0.25, -0.2) is 0 Å². The smallest absolute Gasteiger partial charge is 0.194 e. The van der Waals surface area contributed by atoms with E-state index in [-0.39, 0.29) is 24.0 Å². The van der Waals surface area contributed by atoms with Gasteiger partial charge in [0.25, 0.3) is 0 Å². The Morgan fingerprint density at radius 1 is 1.10 bits per heavy atom. The second-order valence-corrected chi connectivity index (χ2v) is 6.87. The maximum Gasteiger partial charge on any atom is 0.194 e. The van der Waals surface area contributed by atoms with Gasteiger partial charge in [-0.2, -0.15) is 0 Å². The zero-order valence-corrected chi connectivity index (χ0v) is 19.3. The Balaban J connectivity index is 0.00000300. The summed E-state index contributed by atoms with van der Waals surface area (Å²) in [5.41, 5.74) is 2.22. The molecular weight excluding hydrogens is 481 g/mol. The molecule has 0 saturated heterocycles. The van der Waals surface area contributed by atoms with Gasteiger partial charge in [-0.1, -0.05) is 36.4 Å². The monoisotopic (exact) mass is 511 g/mol. The number of guanidine groups is 1. The lowest BCUT2D eigenvalue weighted by molar-refractivity contribution is 0.171. The molecule has 0 amide bonds. The van der Waals surface area contributed by atoms with Crippen LogP contribution in [0.3, 0.4) is 0 Å². The van der Waals surface area contributed by atoms with E-state index in [1.165, 1.54) is 0 Å². The van der Waals surface area contributed by atoms with Crippen LogP contribution in [-0.4, -0.2) is 55.4 Å². The van der Waals surface area contributed by atoms with Gasteiger partial charge in [-0.15, -0.1) is 24.0 Å². The number of hydrogen-bond donors (Lipinski definition) is 2. The Hall–Kier alpha value is -2.00. The lowest BCUT2D eigenvalue weighted by Crippen LogP contribution is -2.39. The summed E-state index contributed by atoms with van der Waals surface area (Å²) in [5, 5.41) is 13.6. The Labute approximate surface area is 190 Å². The van der Waals surface area contributed by atoms with Gasteiger partial charge in [0, 0.05) is 26.6 Å². The van der Waals surface area contributed by atoms with Crippen LogP contribution in [0.2, 0.25) is 0 Å². The quantitative estimate of drug-likeness (QED) is 0.340. The van der Waals surface area contributed by atoms with Crippen molar-refractivity contribution >= 4 is 29.9 Å². The van der Waals surface area contributed by atoms with Gasteiger partial charge in [-0.05, 0) is 30.2 Å². The highest BCUT2D eigenvalue weighted by molar-refractivity contribution is 14.0. The standard InChI is InChI=1S/C22H29N3O3.HI/c1-3-23-22(24-15-19(26)13-17-7-5-4-6-8-17)25(2)16-18-9-10-20-21(14-18)28-12-11-27-20;/h4-10,14,19,26H,3,11-13,15-16H2,1-2H3,(H,23,24);1H. The number of fused-ring (bicyclic) bond motifs is 1. The topological polar surface area (TPSA) is 66.3 Å². The molecule has 1 atom stereocenters. The predicted octanol–water partition coefficient (Wildman–Crippen LogP) is 3.08. The molecule has 1 aliphatic rings. The molecule has 7 heteroatoms. The molecule has 0 radical (unpaired) electrons. The summed E-state index contributed by atoms with van der Waals surface area (Å²) in [4.78, 5) is 6.66. The van der Waals surface area contributed by atoms with E-state index in [1.807, 2.05) is 67.4 Å². The van der Waals surface area contributed by atoms with Crippen molar-refractivity contribution in [2.24, 2.45) is 4.99 Å². The Morgan fingerprint density at radius 3 is 2.55 bits per heavy atom. The summed E-state index contributed by atoms with van der Waals surface area (Å²) in [7, 11) is 1.99. The highest BCUT2D eigenvalue weighted by atomic mass is 127. The van der Waals surface area contributed by atoms with Crippen LogP contribution in [0.15, 0.2) is 53.5 Å². The van der Waals surface area contributed by atoms with Crippen molar-refractivity contribution in [3.05, 3.63) is 59.7 Å². The molecule has 2 N–H and O–H groups in total. The summed E-state index contributed by atoms with van der Waals surface area (Å²) in [5.74, 6) is 2.35. The predicted molar refractivity (Wildman–Crippen MR) is 126 cm³/mol. The average Bonchev–Trinajstić information content (AvgIpc) is 2.71. The first kappa shape index (κ1) is 23.3. The molecule has 3 rings (SSSR count). The third-order valence-electron chi connectivity index (χ3n) is 4.49. The molecule has 0 fully saturated rings. The number of hydrogen-bond acceptors (Lipinski definition) is 4. The Morgan fingerprint density at radius 2 is 1.83 bits per heavy atom. The third kappa shape index (κ3) is 7.08. The van der Waals surface area contributed by atoms with Crippen molar-refractivity contribution in [1.29, 1.82) is 0 Å².